The molecule has 26 heavy (non-hydrogen) atoms. The second-order valence-corrected chi connectivity index (χ2v) is 6.10. The molecule has 0 aliphatic heterocycles. The van der Waals surface area contributed by atoms with Crippen molar-refractivity contribution in [2.75, 3.05) is 32.1 Å². The third-order valence-electron chi connectivity index (χ3n) is 4.15. The van der Waals surface area contributed by atoms with Crippen molar-refractivity contribution < 1.29 is 14.3 Å². The maximum absolute atomic E-state index is 12.4. The summed E-state index contributed by atoms with van der Waals surface area (Å²) in [7, 11) is 3.66. The highest BCUT2D eigenvalue weighted by Crippen LogP contribution is 2.20. The zero-order valence-electron chi connectivity index (χ0n) is 15.8. The highest BCUT2D eigenvalue weighted by atomic mass is 16.5. The standard InChI is InChI=1S/C21H28N2O3/c1-4-20(26-19-13-8-12-18(16-19)25-3)21(24)22-14-9-15-23(2)17-10-6-5-7-11-17/h5-8,10-13,16,20H,4,9,14-15H2,1-3H3,(H,22,24)/t20-/m0/s1. The second kappa shape index (κ2) is 10.3. The van der Waals surface area contributed by atoms with E-state index in [1.165, 1.54) is 5.69 Å². The smallest absolute Gasteiger partial charge is 0.261 e. The van der Waals surface area contributed by atoms with Crippen LogP contribution < -0.4 is 19.7 Å². The van der Waals surface area contributed by atoms with E-state index >= 15 is 0 Å². The molecule has 0 fully saturated rings. The number of para-hydroxylation sites is 1. The summed E-state index contributed by atoms with van der Waals surface area (Å²) in [6, 6.07) is 17.5. The van der Waals surface area contributed by atoms with E-state index in [2.05, 4.69) is 29.4 Å². The zero-order valence-corrected chi connectivity index (χ0v) is 15.8. The van der Waals surface area contributed by atoms with Gasteiger partial charge in [0.05, 0.1) is 7.11 Å². The number of ether oxygens (including phenoxy) is 2. The Kier molecular flexibility index (Phi) is 7.80. The first-order valence-corrected chi connectivity index (χ1v) is 8.98. The summed E-state index contributed by atoms with van der Waals surface area (Å²) in [5.74, 6) is 1.26. The number of benzene rings is 2. The van der Waals surface area contributed by atoms with Crippen molar-refractivity contribution in [2.45, 2.75) is 25.9 Å². The van der Waals surface area contributed by atoms with Crippen LogP contribution in [0, 0.1) is 0 Å². The zero-order chi connectivity index (χ0) is 18.8. The van der Waals surface area contributed by atoms with E-state index in [4.69, 9.17) is 9.47 Å². The van der Waals surface area contributed by atoms with Crippen LogP contribution in [-0.4, -0.2) is 39.3 Å². The van der Waals surface area contributed by atoms with E-state index in [1.54, 1.807) is 13.2 Å². The molecule has 0 aliphatic carbocycles. The predicted molar refractivity (Wildman–Crippen MR) is 105 cm³/mol. The first-order chi connectivity index (χ1) is 12.6. The molecule has 0 aromatic heterocycles. The molecular formula is C21H28N2O3. The lowest BCUT2D eigenvalue weighted by Gasteiger charge is -2.20. The number of carbonyl (C=O) groups excluding carboxylic acids is 1. The maximum Gasteiger partial charge on any atom is 0.261 e. The van der Waals surface area contributed by atoms with Gasteiger partial charge in [-0.05, 0) is 37.1 Å². The molecule has 0 heterocycles. The lowest BCUT2D eigenvalue weighted by Crippen LogP contribution is -2.39. The van der Waals surface area contributed by atoms with Gasteiger partial charge in [-0.1, -0.05) is 31.2 Å². The second-order valence-electron chi connectivity index (χ2n) is 6.10. The number of rotatable bonds is 10. The molecule has 0 bridgehead atoms. The van der Waals surface area contributed by atoms with Crippen molar-refractivity contribution in [3.63, 3.8) is 0 Å². The monoisotopic (exact) mass is 356 g/mol. The number of anilines is 1. The molecule has 0 aliphatic rings. The molecule has 0 unspecified atom stereocenters. The van der Waals surface area contributed by atoms with Crippen LogP contribution in [0.3, 0.4) is 0 Å². The van der Waals surface area contributed by atoms with Gasteiger partial charge in [0.15, 0.2) is 6.10 Å². The number of nitrogens with one attached hydrogen (secondary N) is 1. The third kappa shape index (κ3) is 5.99. The van der Waals surface area contributed by atoms with Crippen LogP contribution in [0.15, 0.2) is 54.6 Å². The van der Waals surface area contributed by atoms with Crippen molar-refractivity contribution in [2.24, 2.45) is 0 Å². The van der Waals surface area contributed by atoms with Crippen molar-refractivity contribution >= 4 is 11.6 Å². The van der Waals surface area contributed by atoms with Gasteiger partial charge in [0.2, 0.25) is 0 Å². The Labute approximate surface area is 155 Å². The van der Waals surface area contributed by atoms with Gasteiger partial charge in [0.25, 0.3) is 5.91 Å². The number of methoxy groups -OCH3 is 1. The summed E-state index contributed by atoms with van der Waals surface area (Å²) in [5.41, 5.74) is 1.17. The van der Waals surface area contributed by atoms with Crippen LogP contribution in [0.4, 0.5) is 5.69 Å². The van der Waals surface area contributed by atoms with Gasteiger partial charge in [0, 0.05) is 31.9 Å². The lowest BCUT2D eigenvalue weighted by molar-refractivity contribution is -0.128. The Hall–Kier alpha value is -2.69. The number of hydrogen-bond donors (Lipinski definition) is 1. The molecule has 2 aromatic carbocycles. The molecule has 140 valence electrons. The van der Waals surface area contributed by atoms with Crippen LogP contribution in [0.2, 0.25) is 0 Å². The minimum atomic E-state index is -0.506. The SMILES string of the molecule is CC[C@H](Oc1cccc(OC)c1)C(=O)NCCCN(C)c1ccccc1. The van der Waals surface area contributed by atoms with Gasteiger partial charge in [-0.15, -0.1) is 0 Å². The molecule has 5 heteroatoms. The average molecular weight is 356 g/mol. The Morgan fingerprint density at radius 1 is 1.12 bits per heavy atom. The van der Waals surface area contributed by atoms with Gasteiger partial charge < -0.3 is 19.7 Å². The van der Waals surface area contributed by atoms with Crippen LogP contribution in [0.5, 0.6) is 11.5 Å². The van der Waals surface area contributed by atoms with Crippen LogP contribution in [-0.2, 0) is 4.79 Å². The van der Waals surface area contributed by atoms with Crippen molar-refractivity contribution in [1.82, 2.24) is 5.32 Å². The Balaban J connectivity index is 1.76. The van der Waals surface area contributed by atoms with Gasteiger partial charge in [-0.25, -0.2) is 0 Å². The van der Waals surface area contributed by atoms with E-state index in [-0.39, 0.29) is 5.91 Å². The molecule has 1 atom stereocenters. The molecule has 0 saturated carbocycles. The molecule has 1 N–H and O–H groups in total. The largest absolute Gasteiger partial charge is 0.497 e. The Morgan fingerprint density at radius 2 is 1.85 bits per heavy atom. The molecule has 2 aromatic rings. The topological polar surface area (TPSA) is 50.8 Å². The normalized spacial score (nSPS) is 11.5. The van der Waals surface area contributed by atoms with Crippen molar-refractivity contribution in [3.05, 3.63) is 54.6 Å². The fourth-order valence-electron chi connectivity index (χ4n) is 2.61. The molecular weight excluding hydrogens is 328 g/mol. The highest BCUT2D eigenvalue weighted by molar-refractivity contribution is 5.81. The molecule has 5 nitrogen and oxygen atoms in total. The molecule has 2 rings (SSSR count). The summed E-state index contributed by atoms with van der Waals surface area (Å²) in [6.45, 7) is 3.43. The van der Waals surface area contributed by atoms with Gasteiger partial charge in [0.1, 0.15) is 11.5 Å². The van der Waals surface area contributed by atoms with Crippen LogP contribution in [0.25, 0.3) is 0 Å². The Morgan fingerprint density at radius 3 is 2.54 bits per heavy atom. The van der Waals surface area contributed by atoms with Gasteiger partial charge >= 0.3 is 0 Å². The van der Waals surface area contributed by atoms with Gasteiger partial charge in [-0.2, -0.15) is 0 Å². The number of carbonyl (C=O) groups is 1. The van der Waals surface area contributed by atoms with E-state index in [1.807, 2.05) is 43.3 Å². The lowest BCUT2D eigenvalue weighted by atomic mass is 10.2. The summed E-state index contributed by atoms with van der Waals surface area (Å²) in [6.07, 6.45) is 0.966. The molecule has 0 saturated heterocycles. The minimum absolute atomic E-state index is 0.0855. The van der Waals surface area contributed by atoms with Crippen molar-refractivity contribution in [1.29, 1.82) is 0 Å². The first-order valence-electron chi connectivity index (χ1n) is 8.98. The maximum atomic E-state index is 12.4. The van der Waals surface area contributed by atoms with Crippen LogP contribution >= 0.6 is 0 Å². The Bertz CT molecular complexity index is 676. The van der Waals surface area contributed by atoms with E-state index in [0.29, 0.717) is 24.5 Å². The average Bonchev–Trinajstić information content (AvgIpc) is 2.69. The fraction of sp³-hybridized carbons (Fsp3) is 0.381. The van der Waals surface area contributed by atoms with E-state index in [0.717, 1.165) is 13.0 Å². The minimum Gasteiger partial charge on any atom is -0.497 e. The van der Waals surface area contributed by atoms with Gasteiger partial charge in [-0.3, -0.25) is 4.79 Å². The summed E-state index contributed by atoms with van der Waals surface area (Å²) >= 11 is 0. The molecule has 1 amide bonds. The van der Waals surface area contributed by atoms with Crippen LogP contribution in [0.1, 0.15) is 19.8 Å². The van der Waals surface area contributed by atoms with Crippen molar-refractivity contribution in [3.8, 4) is 11.5 Å². The molecule has 0 spiro atoms. The third-order valence-corrected chi connectivity index (χ3v) is 4.15. The quantitative estimate of drug-likeness (QED) is 0.662. The number of nitrogens with zero attached hydrogens (tertiary/aromatic N) is 1. The molecule has 0 radical (unpaired) electrons. The predicted octanol–water partition coefficient (Wildman–Crippen LogP) is 3.50. The first kappa shape index (κ1) is 19.6. The summed E-state index contributed by atoms with van der Waals surface area (Å²) in [4.78, 5) is 14.5. The highest BCUT2D eigenvalue weighted by Gasteiger charge is 2.18. The van der Waals surface area contributed by atoms with E-state index < -0.39 is 6.10 Å². The summed E-state index contributed by atoms with van der Waals surface area (Å²) in [5, 5.41) is 2.97. The fourth-order valence-corrected chi connectivity index (χ4v) is 2.61. The number of amides is 1. The number of hydrogen-bond acceptors (Lipinski definition) is 4. The van der Waals surface area contributed by atoms with E-state index in [9.17, 15) is 4.79 Å². The summed E-state index contributed by atoms with van der Waals surface area (Å²) < 4.78 is 11.0.